The van der Waals surface area contributed by atoms with Gasteiger partial charge in [0.15, 0.2) is 0 Å². The van der Waals surface area contributed by atoms with Crippen LogP contribution in [0.25, 0.3) is 0 Å². The first kappa shape index (κ1) is 19.1. The molecule has 0 amide bonds. The summed E-state index contributed by atoms with van der Waals surface area (Å²) in [5.74, 6) is 0. The number of rotatable bonds is 9. The topological polar surface area (TPSA) is 55.8 Å². The minimum Gasteiger partial charge on any atom is -0.327 e. The Balaban J connectivity index is 4.01. The summed E-state index contributed by atoms with van der Waals surface area (Å²) in [5, 5.41) is 0. The van der Waals surface area contributed by atoms with E-state index in [2.05, 4.69) is 21.0 Å². The summed E-state index contributed by atoms with van der Waals surface area (Å²) in [6.45, 7) is 10.2. The quantitative estimate of drug-likeness (QED) is 0.525. The maximum Gasteiger partial charge on any atom is 0.472 e. The molecule has 0 aromatic carbocycles. The SMILES string of the molecule is CCCC[N+](C)(C)CCOP(=O)(O)OCC(C)(C)C. The summed E-state index contributed by atoms with van der Waals surface area (Å²) in [6.07, 6.45) is 2.29. The van der Waals surface area contributed by atoms with Gasteiger partial charge in [0, 0.05) is 0 Å². The van der Waals surface area contributed by atoms with Crippen molar-refractivity contribution in [1.82, 2.24) is 0 Å². The second-order valence-electron chi connectivity index (χ2n) is 6.87. The molecule has 1 unspecified atom stereocenters. The van der Waals surface area contributed by atoms with Crippen LogP contribution in [-0.2, 0) is 13.6 Å². The molecule has 1 atom stereocenters. The monoisotopic (exact) mass is 296 g/mol. The number of hydrogen-bond acceptors (Lipinski definition) is 3. The van der Waals surface area contributed by atoms with Crippen molar-refractivity contribution >= 4 is 7.82 Å². The van der Waals surface area contributed by atoms with Crippen LogP contribution in [0.4, 0.5) is 0 Å². The van der Waals surface area contributed by atoms with E-state index in [0.29, 0.717) is 6.54 Å². The zero-order chi connectivity index (χ0) is 15.2. The summed E-state index contributed by atoms with van der Waals surface area (Å²) in [4.78, 5) is 9.55. The van der Waals surface area contributed by atoms with Gasteiger partial charge in [-0.05, 0) is 11.8 Å². The fraction of sp³-hybridized carbons (Fsp3) is 1.00. The van der Waals surface area contributed by atoms with E-state index >= 15 is 0 Å². The summed E-state index contributed by atoms with van der Waals surface area (Å²) in [6, 6.07) is 0. The molecule has 0 radical (unpaired) electrons. The molecule has 0 aliphatic heterocycles. The van der Waals surface area contributed by atoms with Gasteiger partial charge in [-0.2, -0.15) is 0 Å². The largest absolute Gasteiger partial charge is 0.472 e. The Morgan fingerprint density at radius 3 is 2.21 bits per heavy atom. The van der Waals surface area contributed by atoms with Crippen LogP contribution >= 0.6 is 7.82 Å². The molecule has 1 N–H and O–H groups in total. The fourth-order valence-electron chi connectivity index (χ4n) is 1.41. The molecule has 0 heterocycles. The summed E-state index contributed by atoms with van der Waals surface area (Å²) < 4.78 is 22.4. The minimum atomic E-state index is -3.91. The van der Waals surface area contributed by atoms with Crippen molar-refractivity contribution in [1.29, 1.82) is 0 Å². The second-order valence-corrected chi connectivity index (χ2v) is 8.33. The molecule has 0 aromatic heterocycles. The number of unbranched alkanes of at least 4 members (excludes halogenated alkanes) is 1. The van der Waals surface area contributed by atoms with E-state index in [-0.39, 0.29) is 18.6 Å². The van der Waals surface area contributed by atoms with Gasteiger partial charge in [-0.25, -0.2) is 4.57 Å². The van der Waals surface area contributed by atoms with Crippen LogP contribution in [0, 0.1) is 5.41 Å². The smallest absolute Gasteiger partial charge is 0.327 e. The molecule has 116 valence electrons. The zero-order valence-electron chi connectivity index (χ0n) is 13.3. The van der Waals surface area contributed by atoms with Gasteiger partial charge in [-0.15, -0.1) is 0 Å². The first-order valence-corrected chi connectivity index (χ1v) is 8.41. The van der Waals surface area contributed by atoms with Gasteiger partial charge in [-0.1, -0.05) is 34.1 Å². The van der Waals surface area contributed by atoms with Gasteiger partial charge in [0.25, 0.3) is 0 Å². The number of quaternary nitrogens is 1. The van der Waals surface area contributed by atoms with Crippen LogP contribution in [-0.4, -0.2) is 49.8 Å². The number of nitrogens with zero attached hydrogens (tertiary/aromatic N) is 1. The Morgan fingerprint density at radius 1 is 1.16 bits per heavy atom. The highest BCUT2D eigenvalue weighted by atomic mass is 31.2. The molecule has 0 saturated heterocycles. The highest BCUT2D eigenvalue weighted by molar-refractivity contribution is 7.47. The van der Waals surface area contributed by atoms with E-state index in [0.717, 1.165) is 23.9 Å². The van der Waals surface area contributed by atoms with Gasteiger partial charge < -0.3 is 9.38 Å². The number of phosphoric acid groups is 1. The van der Waals surface area contributed by atoms with E-state index in [4.69, 9.17) is 9.05 Å². The summed E-state index contributed by atoms with van der Waals surface area (Å²) >= 11 is 0. The van der Waals surface area contributed by atoms with Gasteiger partial charge in [0.05, 0.1) is 27.2 Å². The van der Waals surface area contributed by atoms with E-state index in [9.17, 15) is 9.46 Å². The van der Waals surface area contributed by atoms with Crippen molar-refractivity contribution in [2.24, 2.45) is 5.41 Å². The van der Waals surface area contributed by atoms with E-state index in [1.165, 1.54) is 0 Å². The van der Waals surface area contributed by atoms with Crippen molar-refractivity contribution in [3.8, 4) is 0 Å². The molecule has 0 bridgehead atoms. The molecule has 0 aliphatic carbocycles. The average Bonchev–Trinajstić information content (AvgIpc) is 2.22. The highest BCUT2D eigenvalue weighted by Gasteiger charge is 2.26. The number of phosphoric ester groups is 1. The van der Waals surface area contributed by atoms with Gasteiger partial charge in [-0.3, -0.25) is 9.05 Å². The molecule has 0 aromatic rings. The number of likely N-dealkylation sites (N-methyl/N-ethyl adjacent to an activating group) is 1. The van der Waals surface area contributed by atoms with Crippen LogP contribution in [0.5, 0.6) is 0 Å². The van der Waals surface area contributed by atoms with Crippen LogP contribution in [0.3, 0.4) is 0 Å². The van der Waals surface area contributed by atoms with Gasteiger partial charge in [0.1, 0.15) is 13.2 Å². The van der Waals surface area contributed by atoms with Crippen molar-refractivity contribution in [3.05, 3.63) is 0 Å². The second kappa shape index (κ2) is 7.75. The Kier molecular flexibility index (Phi) is 7.78. The summed E-state index contributed by atoms with van der Waals surface area (Å²) in [7, 11) is 0.278. The lowest BCUT2D eigenvalue weighted by Gasteiger charge is -2.30. The molecule has 0 saturated carbocycles. The third-order valence-electron chi connectivity index (χ3n) is 2.73. The van der Waals surface area contributed by atoms with Gasteiger partial charge >= 0.3 is 7.82 Å². The number of hydrogen-bond donors (Lipinski definition) is 1. The molecule has 19 heavy (non-hydrogen) atoms. The predicted molar refractivity (Wildman–Crippen MR) is 77.9 cm³/mol. The maximum atomic E-state index is 11.7. The molecule has 0 fully saturated rings. The predicted octanol–water partition coefficient (Wildman–Crippen LogP) is 3.04. The van der Waals surface area contributed by atoms with Crippen molar-refractivity contribution in [2.75, 3.05) is 40.4 Å². The minimum absolute atomic E-state index is 0.155. The third kappa shape index (κ3) is 11.6. The van der Waals surface area contributed by atoms with Crippen molar-refractivity contribution in [2.45, 2.75) is 40.5 Å². The molecule has 0 spiro atoms. The molecule has 0 aliphatic rings. The van der Waals surface area contributed by atoms with Crippen molar-refractivity contribution < 1.29 is 23.0 Å². The van der Waals surface area contributed by atoms with E-state index < -0.39 is 7.82 Å². The molecule has 0 rings (SSSR count). The molecule has 5 nitrogen and oxygen atoms in total. The lowest BCUT2D eigenvalue weighted by Crippen LogP contribution is -2.42. The van der Waals surface area contributed by atoms with Crippen LogP contribution < -0.4 is 0 Å². The van der Waals surface area contributed by atoms with Crippen LogP contribution in [0.1, 0.15) is 40.5 Å². The lowest BCUT2D eigenvalue weighted by atomic mass is 9.99. The van der Waals surface area contributed by atoms with E-state index in [1.807, 2.05) is 20.8 Å². The zero-order valence-corrected chi connectivity index (χ0v) is 14.2. The Bertz CT molecular complexity index is 300. The molecular weight excluding hydrogens is 265 g/mol. The standard InChI is InChI=1S/C13H30NO4P/c1-7-8-9-14(5,6)10-11-17-19(15,16)18-12-13(2,3)4/h7-12H2,1-6H3/p+1. The average molecular weight is 296 g/mol. The Hall–Kier alpha value is 0.0700. The third-order valence-corrected chi connectivity index (χ3v) is 3.69. The fourth-order valence-corrected chi connectivity index (χ4v) is 2.35. The maximum absolute atomic E-state index is 11.7. The molecular formula is C13H31NO4P+. The first-order valence-electron chi connectivity index (χ1n) is 6.91. The lowest BCUT2D eigenvalue weighted by molar-refractivity contribution is -0.890. The van der Waals surface area contributed by atoms with Crippen molar-refractivity contribution in [3.63, 3.8) is 0 Å². The highest BCUT2D eigenvalue weighted by Crippen LogP contribution is 2.44. The molecule has 6 heteroatoms. The first-order chi connectivity index (χ1) is 8.47. The van der Waals surface area contributed by atoms with Gasteiger partial charge in [0.2, 0.25) is 0 Å². The van der Waals surface area contributed by atoms with Crippen LogP contribution in [0.15, 0.2) is 0 Å². The van der Waals surface area contributed by atoms with E-state index in [1.54, 1.807) is 0 Å². The summed E-state index contributed by atoms with van der Waals surface area (Å²) in [5.41, 5.74) is -0.155. The normalized spacial score (nSPS) is 16.4. The van der Waals surface area contributed by atoms with Crippen LogP contribution in [0.2, 0.25) is 0 Å². The Morgan fingerprint density at radius 2 is 1.74 bits per heavy atom. The Labute approximate surface area is 118 Å².